The molecule has 184 valence electrons. The molecule has 1 fully saturated rings. The van der Waals surface area contributed by atoms with Gasteiger partial charge in [-0.05, 0) is 55.4 Å². The zero-order valence-corrected chi connectivity index (χ0v) is 21.4. The van der Waals surface area contributed by atoms with Crippen LogP contribution in [0, 0.1) is 0 Å². The van der Waals surface area contributed by atoms with Crippen molar-refractivity contribution in [2.24, 2.45) is 0 Å². The van der Waals surface area contributed by atoms with Crippen molar-refractivity contribution in [3.63, 3.8) is 0 Å². The van der Waals surface area contributed by atoms with Crippen LogP contribution < -0.4 is 15.5 Å². The number of furan rings is 1. The number of methoxy groups -OCH3 is 1. The minimum absolute atomic E-state index is 0.0199. The molecule has 3 aromatic rings. The molecule has 0 unspecified atom stereocenters. The van der Waals surface area contributed by atoms with Gasteiger partial charge < -0.3 is 24.3 Å². The maximum absolute atomic E-state index is 12.6. The average molecular weight is 514 g/mol. The van der Waals surface area contributed by atoms with Gasteiger partial charge in [-0.1, -0.05) is 0 Å². The van der Waals surface area contributed by atoms with E-state index in [-0.39, 0.29) is 23.5 Å². The number of rotatable bonds is 6. The van der Waals surface area contributed by atoms with Crippen molar-refractivity contribution in [1.29, 1.82) is 0 Å². The summed E-state index contributed by atoms with van der Waals surface area (Å²) in [6, 6.07) is 11.1. The summed E-state index contributed by atoms with van der Waals surface area (Å²) in [6.45, 7) is 1.63. The van der Waals surface area contributed by atoms with Gasteiger partial charge in [0.2, 0.25) is 11.6 Å². The van der Waals surface area contributed by atoms with E-state index in [1.54, 1.807) is 5.38 Å². The van der Waals surface area contributed by atoms with Crippen LogP contribution in [0.2, 0.25) is 0 Å². The van der Waals surface area contributed by atoms with Crippen molar-refractivity contribution < 1.29 is 18.7 Å². The van der Waals surface area contributed by atoms with Gasteiger partial charge in [0, 0.05) is 55.9 Å². The van der Waals surface area contributed by atoms with Crippen molar-refractivity contribution in [2.45, 2.75) is 18.8 Å². The second kappa shape index (κ2) is 10.9. The highest BCUT2D eigenvalue weighted by Crippen LogP contribution is 2.31. The van der Waals surface area contributed by atoms with E-state index in [9.17, 15) is 9.59 Å². The lowest BCUT2D eigenvalue weighted by Gasteiger charge is -2.33. The molecule has 11 heteroatoms. The number of esters is 1. The summed E-state index contributed by atoms with van der Waals surface area (Å²) >= 11 is 7.10. The van der Waals surface area contributed by atoms with Crippen molar-refractivity contribution in [3.05, 3.63) is 58.2 Å². The van der Waals surface area contributed by atoms with Crippen LogP contribution in [0.5, 0.6) is 0 Å². The van der Waals surface area contributed by atoms with Crippen LogP contribution in [0.25, 0.3) is 0 Å². The standard InChI is InChI=1S/C24H27N5O4S2/c1-28(2)17-6-4-16(5-7-17)25-24(34)29-12-10-15(11-13-29)22-26-18(14-35-22)21(30)27-20-9-8-19(33-20)23(31)32-3/h4-9,14-15H,10-13H2,1-3H3,(H,25,34)(H,27,30). The molecular weight excluding hydrogens is 486 g/mol. The van der Waals surface area contributed by atoms with E-state index in [1.807, 2.05) is 26.2 Å². The molecule has 9 nitrogen and oxygen atoms in total. The van der Waals surface area contributed by atoms with Gasteiger partial charge >= 0.3 is 5.97 Å². The third-order valence-electron chi connectivity index (χ3n) is 5.75. The number of carbonyl (C=O) groups is 2. The summed E-state index contributed by atoms with van der Waals surface area (Å²) < 4.78 is 9.89. The number of nitrogens with zero attached hydrogens (tertiary/aromatic N) is 3. The van der Waals surface area contributed by atoms with Crippen molar-refractivity contribution >= 4 is 57.8 Å². The van der Waals surface area contributed by atoms with E-state index in [2.05, 4.69) is 42.3 Å². The maximum atomic E-state index is 12.6. The fourth-order valence-electron chi connectivity index (χ4n) is 3.75. The predicted octanol–water partition coefficient (Wildman–Crippen LogP) is 4.42. The smallest absolute Gasteiger partial charge is 0.374 e. The zero-order valence-electron chi connectivity index (χ0n) is 19.7. The number of benzene rings is 1. The van der Waals surface area contributed by atoms with Gasteiger partial charge in [0.1, 0.15) is 5.69 Å². The summed E-state index contributed by atoms with van der Waals surface area (Å²) in [4.78, 5) is 32.8. The molecule has 1 aliphatic rings. The third kappa shape index (κ3) is 5.98. The number of hydrogen-bond donors (Lipinski definition) is 2. The number of ether oxygens (including phenoxy) is 1. The Balaban J connectivity index is 1.28. The summed E-state index contributed by atoms with van der Waals surface area (Å²) in [7, 11) is 5.28. The van der Waals surface area contributed by atoms with E-state index in [1.165, 1.54) is 30.6 Å². The number of thiocarbonyl (C=S) groups is 1. The molecule has 0 bridgehead atoms. The number of thiazole rings is 1. The van der Waals surface area contributed by atoms with Crippen LogP contribution in [-0.4, -0.2) is 61.2 Å². The molecule has 1 aromatic carbocycles. The molecule has 1 saturated heterocycles. The normalized spacial score (nSPS) is 13.9. The topological polar surface area (TPSA) is 99.9 Å². The van der Waals surface area contributed by atoms with E-state index in [4.69, 9.17) is 16.6 Å². The van der Waals surface area contributed by atoms with Crippen LogP contribution in [0.1, 0.15) is 44.8 Å². The van der Waals surface area contributed by atoms with Crippen molar-refractivity contribution in [3.8, 4) is 0 Å². The number of hydrogen-bond acceptors (Lipinski definition) is 8. The first kappa shape index (κ1) is 24.7. The number of likely N-dealkylation sites (tertiary alicyclic amines) is 1. The first-order chi connectivity index (χ1) is 16.8. The Morgan fingerprint density at radius 3 is 2.51 bits per heavy atom. The summed E-state index contributed by atoms with van der Waals surface area (Å²) in [5, 5.41) is 9.33. The first-order valence-corrected chi connectivity index (χ1v) is 12.4. The molecular formula is C24H27N5O4S2. The number of anilines is 3. The largest absolute Gasteiger partial charge is 0.463 e. The molecule has 4 rings (SSSR count). The number of amides is 1. The lowest BCUT2D eigenvalue weighted by atomic mass is 9.98. The van der Waals surface area contributed by atoms with Crippen LogP contribution >= 0.6 is 23.6 Å². The third-order valence-corrected chi connectivity index (χ3v) is 7.12. The fraction of sp³-hybridized carbons (Fsp3) is 0.333. The lowest BCUT2D eigenvalue weighted by Crippen LogP contribution is -2.40. The fourth-order valence-corrected chi connectivity index (χ4v) is 5.02. The van der Waals surface area contributed by atoms with Gasteiger partial charge in [0.05, 0.1) is 12.1 Å². The van der Waals surface area contributed by atoms with E-state index in [0.29, 0.717) is 10.8 Å². The van der Waals surface area contributed by atoms with E-state index in [0.717, 1.165) is 42.3 Å². The number of piperidine rings is 1. The minimum Gasteiger partial charge on any atom is -0.463 e. The monoisotopic (exact) mass is 513 g/mol. The second-order valence-corrected chi connectivity index (χ2v) is 9.59. The average Bonchev–Trinajstić information content (AvgIpc) is 3.54. The van der Waals surface area contributed by atoms with Crippen LogP contribution in [0.3, 0.4) is 0 Å². The molecule has 3 heterocycles. The molecule has 0 radical (unpaired) electrons. The Hall–Kier alpha value is -3.44. The summed E-state index contributed by atoms with van der Waals surface area (Å²) in [6.07, 6.45) is 1.80. The Labute approximate surface area is 213 Å². The van der Waals surface area contributed by atoms with Crippen molar-refractivity contribution in [1.82, 2.24) is 9.88 Å². The molecule has 35 heavy (non-hydrogen) atoms. The van der Waals surface area contributed by atoms with Gasteiger partial charge in [0.25, 0.3) is 5.91 Å². The zero-order chi connectivity index (χ0) is 24.9. The highest BCUT2D eigenvalue weighted by molar-refractivity contribution is 7.80. The van der Waals surface area contributed by atoms with E-state index >= 15 is 0 Å². The summed E-state index contributed by atoms with van der Waals surface area (Å²) in [5.41, 5.74) is 2.42. The van der Waals surface area contributed by atoms with Gasteiger partial charge in [0.15, 0.2) is 5.11 Å². The quantitative estimate of drug-likeness (QED) is 0.366. The second-order valence-electron chi connectivity index (χ2n) is 8.31. The number of carbonyl (C=O) groups excluding carboxylic acids is 2. The lowest BCUT2D eigenvalue weighted by molar-refractivity contribution is 0.0565. The summed E-state index contributed by atoms with van der Waals surface area (Å²) in [5.74, 6) is -0.539. The Kier molecular flexibility index (Phi) is 7.67. The number of nitrogens with one attached hydrogen (secondary N) is 2. The Bertz CT molecular complexity index is 1200. The van der Waals surface area contributed by atoms with Gasteiger partial charge in [-0.3, -0.25) is 10.1 Å². The van der Waals surface area contributed by atoms with Crippen LogP contribution in [0.4, 0.5) is 17.3 Å². The SMILES string of the molecule is COC(=O)c1ccc(NC(=O)c2csc(C3CCN(C(=S)Nc4ccc(N(C)C)cc4)CC3)n2)o1. The van der Waals surface area contributed by atoms with Gasteiger partial charge in [-0.25, -0.2) is 9.78 Å². The van der Waals surface area contributed by atoms with Gasteiger partial charge in [-0.15, -0.1) is 11.3 Å². The van der Waals surface area contributed by atoms with Crippen LogP contribution in [-0.2, 0) is 4.74 Å². The molecule has 0 saturated carbocycles. The molecule has 2 aromatic heterocycles. The number of aromatic nitrogens is 1. The van der Waals surface area contributed by atoms with Crippen LogP contribution in [0.15, 0.2) is 46.2 Å². The predicted molar refractivity (Wildman–Crippen MR) is 141 cm³/mol. The highest BCUT2D eigenvalue weighted by atomic mass is 32.1. The minimum atomic E-state index is -0.607. The van der Waals surface area contributed by atoms with Crippen molar-refractivity contribution in [2.75, 3.05) is 49.8 Å². The molecule has 1 aliphatic heterocycles. The highest BCUT2D eigenvalue weighted by Gasteiger charge is 2.25. The molecule has 0 atom stereocenters. The molecule has 0 aliphatic carbocycles. The Morgan fingerprint density at radius 2 is 1.86 bits per heavy atom. The van der Waals surface area contributed by atoms with Gasteiger partial charge in [-0.2, -0.15) is 0 Å². The van der Waals surface area contributed by atoms with E-state index < -0.39 is 5.97 Å². The molecule has 0 spiro atoms. The maximum Gasteiger partial charge on any atom is 0.374 e. The first-order valence-electron chi connectivity index (χ1n) is 11.1. The molecule has 1 amide bonds. The molecule has 2 N–H and O–H groups in total. The Morgan fingerprint density at radius 1 is 1.14 bits per heavy atom.